The van der Waals surface area contributed by atoms with Crippen molar-refractivity contribution < 1.29 is 0 Å². The van der Waals surface area contributed by atoms with Crippen LogP contribution in [0.5, 0.6) is 0 Å². The van der Waals surface area contributed by atoms with Gasteiger partial charge in [-0.1, -0.05) is 12.1 Å². The molecule has 3 N–H and O–H groups in total. The lowest BCUT2D eigenvalue weighted by atomic mass is 9.83. The molecular formula is C18H12N6. The summed E-state index contributed by atoms with van der Waals surface area (Å²) in [5.74, 6) is 0.443. The van der Waals surface area contributed by atoms with Gasteiger partial charge in [-0.2, -0.15) is 10.5 Å². The fourth-order valence-corrected chi connectivity index (χ4v) is 3.19. The largest absolute Gasteiger partial charge is 0.384 e. The fourth-order valence-electron chi connectivity index (χ4n) is 3.19. The first kappa shape index (κ1) is 13.9. The van der Waals surface area contributed by atoms with Crippen LogP contribution in [0, 0.1) is 22.7 Å². The molecule has 0 saturated carbocycles. The number of nitrogens with zero attached hydrogens (tertiary/aromatic N) is 4. The summed E-state index contributed by atoms with van der Waals surface area (Å²) in [6, 6.07) is 15.7. The van der Waals surface area contributed by atoms with Crippen molar-refractivity contribution in [3.63, 3.8) is 0 Å². The molecule has 0 saturated heterocycles. The van der Waals surface area contributed by atoms with E-state index in [1.807, 2.05) is 24.3 Å². The highest BCUT2D eigenvalue weighted by Gasteiger charge is 2.39. The third-order valence-electron chi connectivity index (χ3n) is 4.25. The molecule has 2 aliphatic rings. The summed E-state index contributed by atoms with van der Waals surface area (Å²) in [6.45, 7) is 0. The van der Waals surface area contributed by atoms with Crippen molar-refractivity contribution in [2.75, 3.05) is 10.2 Å². The van der Waals surface area contributed by atoms with Gasteiger partial charge < -0.3 is 11.1 Å². The first-order valence-electron chi connectivity index (χ1n) is 7.36. The van der Waals surface area contributed by atoms with Crippen molar-refractivity contribution in [1.82, 2.24) is 4.98 Å². The molecule has 0 amide bonds. The molecule has 6 nitrogen and oxygen atoms in total. The summed E-state index contributed by atoms with van der Waals surface area (Å²) in [7, 11) is 0. The minimum absolute atomic E-state index is 0.339. The van der Waals surface area contributed by atoms with Gasteiger partial charge in [-0.15, -0.1) is 0 Å². The summed E-state index contributed by atoms with van der Waals surface area (Å²) in [4.78, 5) is 5.74. The molecule has 0 spiro atoms. The standard InChI is InChI=1S/C18H12N6/c19-9-12-16(11-5-7-22-8-6-11)13(10-20)18-23-14-3-1-2-4-15(14)24(18)17(12)21/h1-8,16,23H,21H2/t16-/m1/s1. The zero-order valence-electron chi connectivity index (χ0n) is 12.6. The average Bonchev–Trinajstić information content (AvgIpc) is 3.02. The molecule has 0 unspecified atom stereocenters. The van der Waals surface area contributed by atoms with Gasteiger partial charge in [0.15, 0.2) is 0 Å². The minimum atomic E-state index is -0.504. The van der Waals surface area contributed by atoms with Crippen LogP contribution in [0.1, 0.15) is 11.5 Å². The number of nitriles is 2. The lowest BCUT2D eigenvalue weighted by Crippen LogP contribution is -2.34. The van der Waals surface area contributed by atoms with Crippen LogP contribution < -0.4 is 16.0 Å². The van der Waals surface area contributed by atoms with E-state index < -0.39 is 5.92 Å². The number of rotatable bonds is 1. The van der Waals surface area contributed by atoms with Gasteiger partial charge in [0.2, 0.25) is 0 Å². The Kier molecular flexibility index (Phi) is 2.97. The van der Waals surface area contributed by atoms with Crippen LogP contribution in [-0.4, -0.2) is 4.98 Å². The van der Waals surface area contributed by atoms with Crippen molar-refractivity contribution in [1.29, 1.82) is 10.5 Å². The van der Waals surface area contributed by atoms with Crippen LogP contribution in [0.25, 0.3) is 0 Å². The van der Waals surface area contributed by atoms with E-state index in [1.54, 1.807) is 29.4 Å². The van der Waals surface area contributed by atoms with Crippen molar-refractivity contribution in [2.45, 2.75) is 5.92 Å². The number of hydrogen-bond donors (Lipinski definition) is 2. The monoisotopic (exact) mass is 312 g/mol. The number of anilines is 2. The predicted octanol–water partition coefficient (Wildman–Crippen LogP) is 2.54. The number of benzene rings is 1. The molecule has 0 bridgehead atoms. The van der Waals surface area contributed by atoms with E-state index in [-0.39, 0.29) is 0 Å². The Labute approximate surface area is 138 Å². The van der Waals surface area contributed by atoms with Crippen molar-refractivity contribution in [3.05, 3.63) is 77.1 Å². The van der Waals surface area contributed by atoms with E-state index in [0.717, 1.165) is 16.9 Å². The van der Waals surface area contributed by atoms with E-state index >= 15 is 0 Å². The molecule has 3 heterocycles. The summed E-state index contributed by atoms with van der Waals surface area (Å²) >= 11 is 0. The molecule has 114 valence electrons. The Hall–Kier alpha value is -3.77. The zero-order valence-corrected chi connectivity index (χ0v) is 12.6. The van der Waals surface area contributed by atoms with Gasteiger partial charge in [0.1, 0.15) is 11.6 Å². The summed E-state index contributed by atoms with van der Waals surface area (Å²) < 4.78 is 0. The number of nitrogens with two attached hydrogens (primary N) is 1. The Morgan fingerprint density at radius 1 is 1.04 bits per heavy atom. The minimum Gasteiger partial charge on any atom is -0.384 e. The second kappa shape index (κ2) is 5.15. The van der Waals surface area contributed by atoms with Crippen molar-refractivity contribution >= 4 is 11.4 Å². The highest BCUT2D eigenvalue weighted by molar-refractivity contribution is 5.86. The zero-order chi connectivity index (χ0) is 16.7. The highest BCUT2D eigenvalue weighted by Crippen LogP contribution is 2.47. The molecule has 0 aliphatic carbocycles. The lowest BCUT2D eigenvalue weighted by Gasteiger charge is -2.31. The van der Waals surface area contributed by atoms with E-state index in [2.05, 4.69) is 22.4 Å². The maximum atomic E-state index is 9.79. The Morgan fingerprint density at radius 2 is 1.75 bits per heavy atom. The second-order valence-electron chi connectivity index (χ2n) is 5.48. The summed E-state index contributed by atoms with van der Waals surface area (Å²) in [5.41, 5.74) is 9.64. The fraction of sp³-hybridized carbons (Fsp3) is 0.0556. The van der Waals surface area contributed by atoms with Gasteiger partial charge in [-0.3, -0.25) is 9.88 Å². The number of para-hydroxylation sites is 2. The third kappa shape index (κ3) is 1.77. The van der Waals surface area contributed by atoms with Gasteiger partial charge >= 0.3 is 0 Å². The van der Waals surface area contributed by atoms with Gasteiger partial charge in [0, 0.05) is 12.4 Å². The molecule has 0 radical (unpaired) electrons. The number of aromatic nitrogens is 1. The second-order valence-corrected chi connectivity index (χ2v) is 5.48. The molecular weight excluding hydrogens is 300 g/mol. The van der Waals surface area contributed by atoms with Crippen LogP contribution in [0.4, 0.5) is 11.4 Å². The Morgan fingerprint density at radius 3 is 2.46 bits per heavy atom. The van der Waals surface area contributed by atoms with E-state index in [1.165, 1.54) is 0 Å². The summed E-state index contributed by atoms with van der Waals surface area (Å²) in [6.07, 6.45) is 3.28. The molecule has 2 aliphatic heterocycles. The van der Waals surface area contributed by atoms with Gasteiger partial charge in [-0.25, -0.2) is 0 Å². The number of pyridine rings is 1. The van der Waals surface area contributed by atoms with E-state index in [4.69, 9.17) is 5.73 Å². The SMILES string of the molecule is N#CC1=C(N)N2C(=C(C#N)[C@@H]1c1ccncc1)Nc1ccccc12. The molecule has 2 aromatic rings. The predicted molar refractivity (Wildman–Crippen MR) is 89.0 cm³/mol. The Balaban J connectivity index is 1.99. The number of allylic oxidation sites excluding steroid dienone is 2. The van der Waals surface area contributed by atoms with Crippen LogP contribution in [0.15, 0.2) is 71.6 Å². The highest BCUT2D eigenvalue weighted by atomic mass is 15.4. The third-order valence-corrected chi connectivity index (χ3v) is 4.25. The molecule has 1 aromatic heterocycles. The first-order valence-corrected chi connectivity index (χ1v) is 7.36. The first-order chi connectivity index (χ1) is 11.8. The maximum Gasteiger partial charge on any atom is 0.131 e. The quantitative estimate of drug-likeness (QED) is 0.839. The molecule has 6 heteroatoms. The van der Waals surface area contributed by atoms with Gasteiger partial charge in [-0.05, 0) is 29.8 Å². The van der Waals surface area contributed by atoms with Crippen LogP contribution in [0.3, 0.4) is 0 Å². The molecule has 1 atom stereocenters. The molecule has 1 aromatic carbocycles. The van der Waals surface area contributed by atoms with Gasteiger partial charge in [0.05, 0.1) is 40.6 Å². The van der Waals surface area contributed by atoms with E-state index in [9.17, 15) is 10.5 Å². The number of hydrogen-bond acceptors (Lipinski definition) is 6. The normalized spacial score (nSPS) is 18.4. The van der Waals surface area contributed by atoms with Crippen molar-refractivity contribution in [2.24, 2.45) is 5.73 Å². The Bertz CT molecular complexity index is 975. The summed E-state index contributed by atoms with van der Waals surface area (Å²) in [5, 5.41) is 22.7. The topological polar surface area (TPSA) is 102 Å². The lowest BCUT2D eigenvalue weighted by molar-refractivity contribution is 0.866. The smallest absolute Gasteiger partial charge is 0.131 e. The van der Waals surface area contributed by atoms with Crippen LogP contribution in [0.2, 0.25) is 0 Å². The van der Waals surface area contributed by atoms with E-state index in [0.29, 0.717) is 22.8 Å². The van der Waals surface area contributed by atoms with Crippen molar-refractivity contribution in [3.8, 4) is 12.1 Å². The van der Waals surface area contributed by atoms with Gasteiger partial charge in [0.25, 0.3) is 0 Å². The molecule has 0 fully saturated rings. The number of nitrogens with one attached hydrogen (secondary N) is 1. The average molecular weight is 312 g/mol. The maximum absolute atomic E-state index is 9.79. The molecule has 4 rings (SSSR count). The molecule has 24 heavy (non-hydrogen) atoms. The van der Waals surface area contributed by atoms with Crippen LogP contribution in [-0.2, 0) is 0 Å². The number of fused-ring (bicyclic) bond motifs is 3. The van der Waals surface area contributed by atoms with Crippen LogP contribution >= 0.6 is 0 Å².